The molecule has 0 aromatic heterocycles. The number of piperidine rings is 1. The van der Waals surface area contributed by atoms with Crippen LogP contribution in [0.15, 0.2) is 0 Å². The third kappa shape index (κ3) is 3.95. The van der Waals surface area contributed by atoms with Crippen molar-refractivity contribution in [2.24, 2.45) is 5.92 Å². The number of nitrogens with zero attached hydrogens (tertiary/aromatic N) is 1. The summed E-state index contributed by atoms with van der Waals surface area (Å²) in [6.45, 7) is 2.55. The molecule has 0 radical (unpaired) electrons. The van der Waals surface area contributed by atoms with E-state index in [1.807, 2.05) is 4.90 Å². The number of carbonyl (C=O) groups excluding carboxylic acids is 1. The maximum Gasteiger partial charge on any atom is 0.222 e. The number of halogens is 1. The lowest BCUT2D eigenvalue weighted by Crippen LogP contribution is -2.42. The fourth-order valence-electron chi connectivity index (χ4n) is 2.56. The average Bonchev–Trinajstić information content (AvgIpc) is 2.31. The van der Waals surface area contributed by atoms with Gasteiger partial charge in [0, 0.05) is 24.8 Å². The van der Waals surface area contributed by atoms with Crippen molar-refractivity contribution in [1.29, 1.82) is 0 Å². The molecule has 1 amide bonds. The van der Waals surface area contributed by atoms with Gasteiger partial charge in [-0.25, -0.2) is 0 Å². The predicted molar refractivity (Wildman–Crippen MR) is 71.3 cm³/mol. The van der Waals surface area contributed by atoms with Gasteiger partial charge in [0.2, 0.25) is 5.91 Å². The van der Waals surface area contributed by atoms with Crippen molar-refractivity contribution in [3.63, 3.8) is 0 Å². The van der Waals surface area contributed by atoms with Crippen molar-refractivity contribution < 1.29 is 9.53 Å². The van der Waals surface area contributed by atoms with Crippen molar-refractivity contribution in [3.8, 4) is 0 Å². The Morgan fingerprint density at radius 2 is 1.94 bits per heavy atom. The molecular weight excluding hydrogens is 282 g/mol. The zero-order chi connectivity index (χ0) is 12.1. The van der Waals surface area contributed by atoms with Crippen LogP contribution in [0, 0.1) is 5.92 Å². The van der Waals surface area contributed by atoms with E-state index in [4.69, 9.17) is 4.74 Å². The highest BCUT2D eigenvalue weighted by Gasteiger charge is 2.27. The van der Waals surface area contributed by atoms with Crippen LogP contribution in [0.4, 0.5) is 0 Å². The molecule has 4 heteroatoms. The van der Waals surface area contributed by atoms with Gasteiger partial charge in [0.05, 0.1) is 12.7 Å². The zero-order valence-electron chi connectivity index (χ0n) is 10.4. The molecule has 1 aliphatic carbocycles. The van der Waals surface area contributed by atoms with Gasteiger partial charge in [-0.3, -0.25) is 4.79 Å². The Morgan fingerprint density at radius 1 is 1.24 bits per heavy atom. The van der Waals surface area contributed by atoms with Crippen molar-refractivity contribution in [1.82, 2.24) is 4.90 Å². The second-order valence-electron chi connectivity index (χ2n) is 5.14. The van der Waals surface area contributed by atoms with Gasteiger partial charge < -0.3 is 9.64 Å². The van der Waals surface area contributed by atoms with Crippen LogP contribution in [-0.2, 0) is 9.53 Å². The second kappa shape index (κ2) is 6.74. The summed E-state index contributed by atoms with van der Waals surface area (Å²) in [4.78, 5) is 14.0. The van der Waals surface area contributed by atoms with Crippen molar-refractivity contribution in [2.45, 2.75) is 44.6 Å². The van der Waals surface area contributed by atoms with Crippen LogP contribution < -0.4 is 0 Å². The Morgan fingerprint density at radius 3 is 2.47 bits per heavy atom. The lowest BCUT2D eigenvalue weighted by atomic mass is 9.82. The van der Waals surface area contributed by atoms with Gasteiger partial charge in [0.25, 0.3) is 0 Å². The molecule has 0 N–H and O–H groups in total. The minimum Gasteiger partial charge on any atom is -0.377 e. The number of amides is 1. The van der Waals surface area contributed by atoms with Crippen LogP contribution in [0.1, 0.15) is 38.5 Å². The van der Waals surface area contributed by atoms with Gasteiger partial charge in [-0.1, -0.05) is 22.4 Å². The van der Waals surface area contributed by atoms with E-state index in [-0.39, 0.29) is 0 Å². The first kappa shape index (κ1) is 13.3. The Hall–Kier alpha value is -0.0900. The van der Waals surface area contributed by atoms with Gasteiger partial charge in [0.1, 0.15) is 0 Å². The van der Waals surface area contributed by atoms with Gasteiger partial charge >= 0.3 is 0 Å². The Labute approximate surface area is 112 Å². The Bertz CT molecular complexity index is 248. The average molecular weight is 304 g/mol. The molecule has 0 atom stereocenters. The first-order valence-corrected chi connectivity index (χ1v) is 7.87. The molecule has 0 bridgehead atoms. The summed E-state index contributed by atoms with van der Waals surface area (Å²) in [5.41, 5.74) is 0. The zero-order valence-corrected chi connectivity index (χ0v) is 12.0. The fraction of sp³-hybridized carbons (Fsp3) is 0.923. The van der Waals surface area contributed by atoms with Crippen molar-refractivity contribution in [2.75, 3.05) is 25.0 Å². The van der Waals surface area contributed by atoms with E-state index in [0.717, 1.165) is 44.3 Å². The highest BCUT2D eigenvalue weighted by Crippen LogP contribution is 2.30. The fourth-order valence-corrected chi connectivity index (χ4v) is 2.74. The van der Waals surface area contributed by atoms with E-state index in [2.05, 4.69) is 15.9 Å². The third-order valence-corrected chi connectivity index (χ3v) is 4.24. The summed E-state index contributed by atoms with van der Waals surface area (Å²) in [6, 6.07) is 0. The molecule has 2 fully saturated rings. The molecule has 1 saturated carbocycles. The number of carbonyl (C=O) groups is 1. The quantitative estimate of drug-likeness (QED) is 0.731. The number of hydrogen-bond acceptors (Lipinski definition) is 2. The van der Waals surface area contributed by atoms with Crippen LogP contribution in [0.5, 0.6) is 0 Å². The van der Waals surface area contributed by atoms with Crippen molar-refractivity contribution >= 4 is 21.8 Å². The molecule has 0 aromatic rings. The number of rotatable bonds is 5. The summed E-state index contributed by atoms with van der Waals surface area (Å²) >= 11 is 3.36. The number of hydrogen-bond donors (Lipinski definition) is 0. The molecule has 1 heterocycles. The van der Waals surface area contributed by atoms with Crippen LogP contribution >= 0.6 is 15.9 Å². The normalized spacial score (nSPS) is 22.5. The third-order valence-electron chi connectivity index (χ3n) is 3.91. The molecule has 0 spiro atoms. The molecule has 1 saturated heterocycles. The van der Waals surface area contributed by atoms with Crippen LogP contribution in [0.3, 0.4) is 0 Å². The Kier molecular flexibility index (Phi) is 5.29. The molecule has 2 rings (SSSR count). The van der Waals surface area contributed by atoms with E-state index < -0.39 is 0 Å². The van der Waals surface area contributed by atoms with Crippen molar-refractivity contribution in [3.05, 3.63) is 0 Å². The highest BCUT2D eigenvalue weighted by atomic mass is 79.9. The topological polar surface area (TPSA) is 29.5 Å². The number of ether oxygens (including phenoxy) is 1. The standard InChI is InChI=1S/C13H22BrNO2/c14-6-9-17-12-4-7-15(8-5-12)13(16)10-11-2-1-3-11/h11-12H,1-10H2. The van der Waals surface area contributed by atoms with Crippen LogP contribution in [-0.4, -0.2) is 41.9 Å². The summed E-state index contributed by atoms with van der Waals surface area (Å²) in [5.74, 6) is 1.05. The summed E-state index contributed by atoms with van der Waals surface area (Å²) in [5, 5.41) is 0.897. The molecular formula is C13H22BrNO2. The minimum absolute atomic E-state index is 0.361. The second-order valence-corrected chi connectivity index (χ2v) is 5.93. The monoisotopic (exact) mass is 303 g/mol. The lowest BCUT2D eigenvalue weighted by molar-refractivity contribution is -0.135. The predicted octanol–water partition coefficient (Wildman–Crippen LogP) is 2.58. The molecule has 0 unspecified atom stereocenters. The van der Waals surface area contributed by atoms with Crippen LogP contribution in [0.25, 0.3) is 0 Å². The van der Waals surface area contributed by atoms with Crippen LogP contribution in [0.2, 0.25) is 0 Å². The molecule has 2 aliphatic rings. The first-order valence-electron chi connectivity index (χ1n) is 6.75. The van der Waals surface area contributed by atoms with Gasteiger partial charge in [-0.05, 0) is 31.6 Å². The maximum absolute atomic E-state index is 12.0. The minimum atomic E-state index is 0.361. The van der Waals surface area contributed by atoms with E-state index >= 15 is 0 Å². The van der Waals surface area contributed by atoms with E-state index in [0.29, 0.717) is 17.9 Å². The molecule has 1 aliphatic heterocycles. The largest absolute Gasteiger partial charge is 0.377 e. The molecule has 17 heavy (non-hydrogen) atoms. The maximum atomic E-state index is 12.0. The summed E-state index contributed by atoms with van der Waals surface area (Å²) in [7, 11) is 0. The number of alkyl halides is 1. The molecule has 0 aromatic carbocycles. The lowest BCUT2D eigenvalue weighted by Gasteiger charge is -2.34. The molecule has 98 valence electrons. The van der Waals surface area contributed by atoms with Gasteiger partial charge in [-0.15, -0.1) is 0 Å². The smallest absolute Gasteiger partial charge is 0.222 e. The number of likely N-dealkylation sites (tertiary alicyclic amines) is 1. The molecule has 3 nitrogen and oxygen atoms in total. The highest BCUT2D eigenvalue weighted by molar-refractivity contribution is 9.09. The van der Waals surface area contributed by atoms with E-state index in [1.54, 1.807) is 0 Å². The first-order chi connectivity index (χ1) is 8.29. The van der Waals surface area contributed by atoms with Gasteiger partial charge in [-0.2, -0.15) is 0 Å². The Balaban J connectivity index is 1.65. The SMILES string of the molecule is O=C(CC1CCC1)N1CCC(OCCBr)CC1. The van der Waals surface area contributed by atoms with E-state index in [1.165, 1.54) is 19.3 Å². The summed E-state index contributed by atoms with van der Waals surface area (Å²) < 4.78 is 5.69. The van der Waals surface area contributed by atoms with E-state index in [9.17, 15) is 4.79 Å². The summed E-state index contributed by atoms with van der Waals surface area (Å²) in [6.07, 6.45) is 6.99. The van der Waals surface area contributed by atoms with Gasteiger partial charge in [0.15, 0.2) is 0 Å².